The van der Waals surface area contributed by atoms with Crippen molar-refractivity contribution in [2.24, 2.45) is 5.92 Å². The van der Waals surface area contributed by atoms with Crippen molar-refractivity contribution in [3.63, 3.8) is 0 Å². The van der Waals surface area contributed by atoms with E-state index in [1.807, 2.05) is 6.92 Å². The molecule has 2 aromatic carbocycles. The van der Waals surface area contributed by atoms with Gasteiger partial charge in [-0.15, -0.1) is 0 Å². The Morgan fingerprint density at radius 2 is 1.68 bits per heavy atom. The average molecular weight is 719 g/mol. The number of halogens is 6. The number of anilines is 2. The fourth-order valence-corrected chi connectivity index (χ4v) is 5.26. The third kappa shape index (κ3) is 12.4. The van der Waals surface area contributed by atoms with E-state index in [1.165, 1.54) is 35.0 Å². The predicted octanol–water partition coefficient (Wildman–Crippen LogP) is 6.95. The second-order valence-electron chi connectivity index (χ2n) is 12.6. The molecule has 0 saturated carbocycles. The van der Waals surface area contributed by atoms with Crippen LogP contribution >= 0.6 is 0 Å². The van der Waals surface area contributed by atoms with E-state index in [1.54, 1.807) is 13.8 Å². The standard InChI is InChI=1S/C34H44F6N4O6/c1-21-18-44(22(2)20-45)31(47)27-17-26(41-30(46)14-15-33(35,36)37)12-13-28(27)50-23(3)7-5-6-16-49-29(21)19-43(4)32(48)42-25-10-8-24(9-11-25)34(38,39)40/h8-13,17,21-23,29,45H,5-7,14-16,18-20H2,1-4H3,(H,41,46)(H,42,48)/t21-,22+,23-,29+/m0/s1. The van der Waals surface area contributed by atoms with Gasteiger partial charge in [0.15, 0.2) is 0 Å². The normalized spacial score (nSPS) is 20.2. The average Bonchev–Trinajstić information content (AvgIpc) is 3.04. The molecule has 4 amide bonds. The number of carbonyl (C=O) groups is 3. The summed E-state index contributed by atoms with van der Waals surface area (Å²) in [6.07, 6.45) is -10.2. The van der Waals surface area contributed by atoms with Crippen molar-refractivity contribution in [3.8, 4) is 5.75 Å². The number of hydrogen-bond acceptors (Lipinski definition) is 6. The molecule has 0 radical (unpaired) electrons. The Labute approximate surface area is 287 Å². The molecule has 1 heterocycles. The van der Waals surface area contributed by atoms with E-state index >= 15 is 0 Å². The highest BCUT2D eigenvalue weighted by atomic mass is 19.4. The second kappa shape index (κ2) is 17.7. The number of hydrogen-bond donors (Lipinski definition) is 3. The Kier molecular flexibility index (Phi) is 14.3. The molecule has 0 bridgehead atoms. The van der Waals surface area contributed by atoms with Gasteiger partial charge in [-0.05, 0) is 75.6 Å². The van der Waals surface area contributed by atoms with Crippen LogP contribution in [-0.2, 0) is 15.7 Å². The third-order valence-corrected chi connectivity index (χ3v) is 8.23. The molecule has 0 saturated heterocycles. The van der Waals surface area contributed by atoms with Crippen LogP contribution in [0.25, 0.3) is 0 Å². The molecule has 3 rings (SSSR count). The number of fused-ring (bicyclic) bond motifs is 1. The van der Waals surface area contributed by atoms with E-state index in [9.17, 15) is 45.8 Å². The fraction of sp³-hybridized carbons (Fsp3) is 0.559. The van der Waals surface area contributed by atoms with E-state index in [4.69, 9.17) is 9.47 Å². The number of urea groups is 1. The zero-order valence-electron chi connectivity index (χ0n) is 28.4. The molecule has 0 aliphatic carbocycles. The zero-order chi connectivity index (χ0) is 37.2. The summed E-state index contributed by atoms with van der Waals surface area (Å²) in [5, 5.41) is 15.1. The topological polar surface area (TPSA) is 120 Å². The Balaban J connectivity index is 1.85. The number of carbonyl (C=O) groups excluding carboxylic acids is 3. The van der Waals surface area contributed by atoms with Gasteiger partial charge in [0.2, 0.25) is 5.91 Å². The quantitative estimate of drug-likeness (QED) is 0.255. The van der Waals surface area contributed by atoms with Gasteiger partial charge in [-0.1, -0.05) is 6.92 Å². The number of nitrogens with zero attached hydrogens (tertiary/aromatic N) is 2. The fourth-order valence-electron chi connectivity index (χ4n) is 5.26. The van der Waals surface area contributed by atoms with E-state index in [2.05, 4.69) is 10.6 Å². The van der Waals surface area contributed by atoms with Crippen molar-refractivity contribution in [2.75, 3.05) is 44.0 Å². The highest BCUT2D eigenvalue weighted by molar-refractivity contribution is 5.99. The molecule has 16 heteroatoms. The smallest absolute Gasteiger partial charge is 0.416 e. The maximum atomic E-state index is 14.2. The zero-order valence-corrected chi connectivity index (χ0v) is 28.4. The summed E-state index contributed by atoms with van der Waals surface area (Å²) in [4.78, 5) is 42.2. The van der Waals surface area contributed by atoms with E-state index < -0.39 is 73.3 Å². The molecule has 50 heavy (non-hydrogen) atoms. The molecule has 0 fully saturated rings. The second-order valence-corrected chi connectivity index (χ2v) is 12.6. The van der Waals surface area contributed by atoms with Gasteiger partial charge in [0.1, 0.15) is 5.75 Å². The number of likely N-dealkylation sites (N-methyl/N-ethyl adjacent to an activating group) is 1. The minimum Gasteiger partial charge on any atom is -0.490 e. The van der Waals surface area contributed by atoms with E-state index in [0.717, 1.165) is 24.3 Å². The van der Waals surface area contributed by atoms with Crippen molar-refractivity contribution in [2.45, 2.75) is 83.5 Å². The lowest BCUT2D eigenvalue weighted by Crippen LogP contribution is -2.48. The van der Waals surface area contributed by atoms with Crippen molar-refractivity contribution < 1.29 is 55.3 Å². The molecule has 2 aromatic rings. The SMILES string of the molecule is C[C@H](CO)N1C[C@H](C)[C@@H](CN(C)C(=O)Nc2ccc(C(F)(F)F)cc2)OCCCC[C@H](C)Oc2ccc(NC(=O)CCC(F)(F)F)cc2C1=O. The molecule has 1 aliphatic rings. The van der Waals surface area contributed by atoms with Crippen molar-refractivity contribution in [1.29, 1.82) is 0 Å². The van der Waals surface area contributed by atoms with Crippen LogP contribution in [0.2, 0.25) is 0 Å². The van der Waals surface area contributed by atoms with Gasteiger partial charge in [0.25, 0.3) is 5.91 Å². The van der Waals surface area contributed by atoms with E-state index in [-0.39, 0.29) is 41.9 Å². The van der Waals surface area contributed by atoms with Crippen LogP contribution in [0.15, 0.2) is 42.5 Å². The van der Waals surface area contributed by atoms with Crippen LogP contribution in [0, 0.1) is 5.92 Å². The number of nitrogens with one attached hydrogen (secondary N) is 2. The van der Waals surface area contributed by atoms with Crippen LogP contribution in [0.3, 0.4) is 0 Å². The molecule has 0 aromatic heterocycles. The van der Waals surface area contributed by atoms with Gasteiger partial charge in [-0.25, -0.2) is 4.79 Å². The Hall–Kier alpha value is -4.05. The molecule has 278 valence electrons. The number of benzene rings is 2. The third-order valence-electron chi connectivity index (χ3n) is 8.23. The first kappa shape index (κ1) is 40.4. The number of aliphatic hydroxyl groups excluding tert-OH is 1. The molecule has 1 aliphatic heterocycles. The van der Waals surface area contributed by atoms with Crippen molar-refractivity contribution in [3.05, 3.63) is 53.6 Å². The summed E-state index contributed by atoms with van der Waals surface area (Å²) in [5.74, 6) is -1.68. The van der Waals surface area contributed by atoms with Gasteiger partial charge in [0.05, 0.1) is 42.4 Å². The number of rotatable bonds is 8. The number of amides is 4. The van der Waals surface area contributed by atoms with Gasteiger partial charge < -0.3 is 35.0 Å². The lowest BCUT2D eigenvalue weighted by Gasteiger charge is -2.35. The maximum Gasteiger partial charge on any atom is 0.416 e. The first-order chi connectivity index (χ1) is 23.4. The number of alkyl halides is 6. The summed E-state index contributed by atoms with van der Waals surface area (Å²) in [7, 11) is 1.50. The predicted molar refractivity (Wildman–Crippen MR) is 174 cm³/mol. The summed E-state index contributed by atoms with van der Waals surface area (Å²) < 4.78 is 89.2. The van der Waals surface area contributed by atoms with Crippen molar-refractivity contribution >= 4 is 29.2 Å². The first-order valence-electron chi connectivity index (χ1n) is 16.3. The number of aliphatic hydroxyl groups is 1. The molecule has 0 spiro atoms. The molecular weight excluding hydrogens is 674 g/mol. The van der Waals surface area contributed by atoms with Crippen LogP contribution in [0.5, 0.6) is 5.75 Å². The van der Waals surface area contributed by atoms with Gasteiger partial charge >= 0.3 is 18.4 Å². The van der Waals surface area contributed by atoms with Crippen molar-refractivity contribution in [1.82, 2.24) is 9.80 Å². The highest BCUT2D eigenvalue weighted by Crippen LogP contribution is 2.31. The maximum absolute atomic E-state index is 14.2. The van der Waals surface area contributed by atoms with Crippen LogP contribution in [0.4, 0.5) is 42.5 Å². The summed E-state index contributed by atoms with van der Waals surface area (Å²) >= 11 is 0. The summed E-state index contributed by atoms with van der Waals surface area (Å²) in [6.45, 7) is 5.24. The van der Waals surface area contributed by atoms with Gasteiger partial charge in [0, 0.05) is 50.5 Å². The number of ether oxygens (including phenoxy) is 2. The van der Waals surface area contributed by atoms with Crippen LogP contribution in [-0.4, -0.2) is 90.5 Å². The van der Waals surface area contributed by atoms with Crippen LogP contribution in [0.1, 0.15) is 68.8 Å². The Morgan fingerprint density at radius 3 is 2.30 bits per heavy atom. The van der Waals surface area contributed by atoms with E-state index in [0.29, 0.717) is 25.9 Å². The lowest BCUT2D eigenvalue weighted by atomic mass is 10.0. The molecule has 10 nitrogen and oxygen atoms in total. The van der Waals surface area contributed by atoms with Gasteiger partial charge in [-0.3, -0.25) is 9.59 Å². The highest BCUT2D eigenvalue weighted by Gasteiger charge is 2.33. The summed E-state index contributed by atoms with van der Waals surface area (Å²) in [6, 6.07) is 6.95. The minimum absolute atomic E-state index is 0.0283. The molecule has 0 unspecified atom stereocenters. The summed E-state index contributed by atoms with van der Waals surface area (Å²) in [5.41, 5.74) is -0.574. The largest absolute Gasteiger partial charge is 0.490 e. The minimum atomic E-state index is -4.52. The first-order valence-corrected chi connectivity index (χ1v) is 16.3. The molecular formula is C34H44F6N4O6. The molecule has 3 N–H and O–H groups in total. The molecule has 4 atom stereocenters. The van der Waals surface area contributed by atoms with Crippen LogP contribution < -0.4 is 15.4 Å². The van der Waals surface area contributed by atoms with Gasteiger partial charge in [-0.2, -0.15) is 26.3 Å². The Bertz CT molecular complexity index is 1440. The monoisotopic (exact) mass is 718 g/mol. The Morgan fingerprint density at radius 1 is 1.02 bits per heavy atom. The lowest BCUT2D eigenvalue weighted by molar-refractivity contribution is -0.142.